The number of aromatic nitrogens is 2. The average Bonchev–Trinajstić information content (AvgIpc) is 3.42. The van der Waals surface area contributed by atoms with Gasteiger partial charge in [0.15, 0.2) is 5.17 Å². The van der Waals surface area contributed by atoms with E-state index in [9.17, 15) is 28.2 Å². The topological polar surface area (TPSA) is 100 Å². The number of aliphatic imine (C=N–C) groups is 1. The van der Waals surface area contributed by atoms with Gasteiger partial charge in [-0.2, -0.15) is 23.3 Å². The number of phenols is 1. The van der Waals surface area contributed by atoms with E-state index in [2.05, 4.69) is 10.1 Å². The molecule has 5 rings (SSSR count). The van der Waals surface area contributed by atoms with Crippen molar-refractivity contribution in [3.05, 3.63) is 64.2 Å². The Morgan fingerprint density at radius 2 is 2.06 bits per heavy atom. The lowest BCUT2D eigenvalue weighted by atomic mass is 10.1. The predicted molar refractivity (Wildman–Crippen MR) is 128 cm³/mol. The van der Waals surface area contributed by atoms with Gasteiger partial charge in [-0.15, -0.1) is 0 Å². The number of fused-ring (bicyclic) bond motifs is 1. The van der Waals surface area contributed by atoms with Crippen molar-refractivity contribution in [2.24, 2.45) is 4.99 Å². The molecule has 0 aliphatic carbocycles. The number of nitrogens with zero attached hydrogens (tertiary/aromatic N) is 4. The molecule has 1 amide bonds. The number of aliphatic hydroxyl groups excluding tert-OH is 1. The molecule has 0 saturated carbocycles. The molecule has 12 heteroatoms. The molecule has 0 unspecified atom stereocenters. The van der Waals surface area contributed by atoms with E-state index in [1.807, 2.05) is 4.90 Å². The number of thioether (sulfide) groups is 1. The normalized spacial score (nSPS) is 19.9. The Kier molecular flexibility index (Phi) is 6.49. The first-order chi connectivity index (χ1) is 17.2. The Labute approximate surface area is 207 Å². The summed E-state index contributed by atoms with van der Waals surface area (Å²) < 4.78 is 47.2. The lowest BCUT2D eigenvalue weighted by Gasteiger charge is -2.32. The van der Waals surface area contributed by atoms with Gasteiger partial charge in [-0.05, 0) is 53.2 Å². The van der Waals surface area contributed by atoms with Crippen molar-refractivity contribution in [2.75, 3.05) is 26.3 Å². The van der Waals surface area contributed by atoms with E-state index >= 15 is 0 Å². The highest BCUT2D eigenvalue weighted by atomic mass is 32.2. The number of amidine groups is 1. The Hall–Kier alpha value is -3.35. The van der Waals surface area contributed by atoms with E-state index in [4.69, 9.17) is 4.74 Å². The van der Waals surface area contributed by atoms with Crippen molar-refractivity contribution in [1.29, 1.82) is 0 Å². The number of hydrogen-bond donors (Lipinski definition) is 2. The van der Waals surface area contributed by atoms with Crippen LogP contribution in [0.25, 0.3) is 17.0 Å². The highest BCUT2D eigenvalue weighted by Crippen LogP contribution is 2.35. The Morgan fingerprint density at radius 3 is 2.83 bits per heavy atom. The highest BCUT2D eigenvalue weighted by Gasteiger charge is 2.34. The van der Waals surface area contributed by atoms with E-state index in [0.717, 1.165) is 5.56 Å². The minimum Gasteiger partial charge on any atom is -0.508 e. The minimum atomic E-state index is -4.61. The smallest absolute Gasteiger partial charge is 0.416 e. The second-order valence-electron chi connectivity index (χ2n) is 8.39. The first-order valence-electron chi connectivity index (χ1n) is 11.1. The van der Waals surface area contributed by atoms with Gasteiger partial charge in [-0.3, -0.25) is 9.48 Å². The summed E-state index contributed by atoms with van der Waals surface area (Å²) in [6.07, 6.45) is -1.66. The second-order valence-corrected chi connectivity index (χ2v) is 9.40. The Bertz CT molecular complexity index is 1390. The van der Waals surface area contributed by atoms with Gasteiger partial charge in [0, 0.05) is 18.5 Å². The molecule has 1 saturated heterocycles. The van der Waals surface area contributed by atoms with Crippen molar-refractivity contribution in [1.82, 2.24) is 14.7 Å². The van der Waals surface area contributed by atoms with Crippen LogP contribution in [0.5, 0.6) is 5.75 Å². The summed E-state index contributed by atoms with van der Waals surface area (Å²) >= 11 is 1.25. The molecule has 2 aromatic carbocycles. The molecule has 1 fully saturated rings. The van der Waals surface area contributed by atoms with Crippen LogP contribution in [-0.2, 0) is 22.3 Å². The average molecular weight is 519 g/mol. The van der Waals surface area contributed by atoms with Crippen LogP contribution < -0.4 is 0 Å². The van der Waals surface area contributed by atoms with E-state index in [1.54, 1.807) is 30.5 Å². The fraction of sp³-hybridized carbons (Fsp3) is 0.292. The highest BCUT2D eigenvalue weighted by molar-refractivity contribution is 8.18. The third-order valence-corrected chi connectivity index (χ3v) is 6.95. The SMILES string of the molecule is O=C1N=C(N2CCO[C@H](CO)C2)SC1=Cc1ccc2c(cnn2Cc2ccc(O)cc2C(F)(F)F)c1. The second kappa shape index (κ2) is 9.60. The van der Waals surface area contributed by atoms with E-state index < -0.39 is 17.5 Å². The zero-order valence-electron chi connectivity index (χ0n) is 18.8. The number of rotatable bonds is 4. The Balaban J connectivity index is 1.35. The van der Waals surface area contributed by atoms with Crippen LogP contribution in [0.3, 0.4) is 0 Å². The maximum absolute atomic E-state index is 13.4. The first kappa shape index (κ1) is 24.3. The quantitative estimate of drug-likeness (QED) is 0.510. The molecule has 1 atom stereocenters. The molecule has 3 heterocycles. The van der Waals surface area contributed by atoms with Gasteiger partial charge in [0.2, 0.25) is 0 Å². The number of ether oxygens (including phenoxy) is 1. The van der Waals surface area contributed by atoms with Gasteiger partial charge in [0.1, 0.15) is 5.75 Å². The number of carbonyl (C=O) groups excluding carboxylic acids is 1. The summed E-state index contributed by atoms with van der Waals surface area (Å²) in [4.78, 5) is 19.0. The molecule has 2 aliphatic rings. The fourth-order valence-corrected chi connectivity index (χ4v) is 5.09. The van der Waals surface area contributed by atoms with Crippen molar-refractivity contribution in [3.8, 4) is 5.75 Å². The summed E-state index contributed by atoms with van der Waals surface area (Å²) in [6, 6.07) is 8.46. The summed E-state index contributed by atoms with van der Waals surface area (Å²) in [6.45, 7) is 1.23. The standard InChI is InChI=1S/C24H21F3N4O4S/c25-24(26,27)19-9-17(33)3-2-15(19)11-31-20-4-1-14(7-16(20)10-28-31)8-21-22(34)29-23(36-21)30-5-6-35-18(12-30)13-32/h1-4,7-10,18,32-33H,5-6,11-13H2/t18-/m0/s1. The summed E-state index contributed by atoms with van der Waals surface area (Å²) in [5.74, 6) is -0.813. The molecule has 8 nitrogen and oxygen atoms in total. The molecule has 3 aromatic rings. The number of hydrogen-bond acceptors (Lipinski definition) is 7. The van der Waals surface area contributed by atoms with Crippen LogP contribution in [0.15, 0.2) is 52.5 Å². The van der Waals surface area contributed by atoms with E-state index in [0.29, 0.717) is 46.7 Å². The number of halogens is 3. The van der Waals surface area contributed by atoms with Gasteiger partial charge < -0.3 is 19.8 Å². The largest absolute Gasteiger partial charge is 0.508 e. The zero-order chi connectivity index (χ0) is 25.4. The molecule has 0 bridgehead atoms. The third-order valence-electron chi connectivity index (χ3n) is 5.90. The maximum atomic E-state index is 13.4. The monoisotopic (exact) mass is 518 g/mol. The maximum Gasteiger partial charge on any atom is 0.416 e. The lowest BCUT2D eigenvalue weighted by Crippen LogP contribution is -2.45. The number of benzene rings is 2. The number of morpholine rings is 1. The Morgan fingerprint density at radius 1 is 1.22 bits per heavy atom. The van der Waals surface area contributed by atoms with Crippen LogP contribution in [-0.4, -0.2) is 68.4 Å². The van der Waals surface area contributed by atoms with Crippen LogP contribution in [0.2, 0.25) is 0 Å². The zero-order valence-corrected chi connectivity index (χ0v) is 19.6. The van der Waals surface area contributed by atoms with Crippen molar-refractivity contribution in [2.45, 2.75) is 18.8 Å². The fourth-order valence-electron chi connectivity index (χ4n) is 4.14. The van der Waals surface area contributed by atoms with Gasteiger partial charge in [0.05, 0.1) is 48.0 Å². The summed E-state index contributed by atoms with van der Waals surface area (Å²) in [7, 11) is 0. The molecular weight excluding hydrogens is 497 g/mol. The lowest BCUT2D eigenvalue weighted by molar-refractivity contribution is -0.138. The molecule has 2 aliphatic heterocycles. The summed E-state index contributed by atoms with van der Waals surface area (Å²) in [5.41, 5.74) is 0.431. The number of aromatic hydroxyl groups is 1. The molecule has 1 aromatic heterocycles. The van der Waals surface area contributed by atoms with Gasteiger partial charge in [-0.25, -0.2) is 0 Å². The minimum absolute atomic E-state index is 0.0133. The van der Waals surface area contributed by atoms with Crippen LogP contribution in [0, 0.1) is 0 Å². The van der Waals surface area contributed by atoms with Crippen molar-refractivity contribution >= 4 is 39.8 Å². The van der Waals surface area contributed by atoms with Crippen molar-refractivity contribution in [3.63, 3.8) is 0 Å². The predicted octanol–water partition coefficient (Wildman–Crippen LogP) is 3.47. The molecule has 188 valence electrons. The third kappa shape index (κ3) is 4.97. The number of aliphatic hydroxyl groups is 1. The van der Waals surface area contributed by atoms with Crippen LogP contribution in [0.4, 0.5) is 13.2 Å². The number of amides is 1. The van der Waals surface area contributed by atoms with E-state index in [-0.39, 0.29) is 30.7 Å². The number of alkyl halides is 3. The molecule has 0 radical (unpaired) electrons. The van der Waals surface area contributed by atoms with E-state index in [1.165, 1.54) is 28.6 Å². The molecule has 2 N–H and O–H groups in total. The molecular formula is C24H21F3N4O4S. The molecule has 0 spiro atoms. The number of phenolic OH excluding ortho intramolecular Hbond substituents is 1. The first-order valence-corrected chi connectivity index (χ1v) is 11.9. The van der Waals surface area contributed by atoms with Crippen LogP contribution >= 0.6 is 11.8 Å². The van der Waals surface area contributed by atoms with Gasteiger partial charge >= 0.3 is 6.18 Å². The number of carbonyl (C=O) groups is 1. The summed E-state index contributed by atoms with van der Waals surface area (Å²) in [5, 5.41) is 24.3. The molecule has 36 heavy (non-hydrogen) atoms. The van der Waals surface area contributed by atoms with Crippen molar-refractivity contribution < 1.29 is 32.9 Å². The van der Waals surface area contributed by atoms with Gasteiger partial charge in [0.25, 0.3) is 5.91 Å². The van der Waals surface area contributed by atoms with Gasteiger partial charge in [-0.1, -0.05) is 12.1 Å². The van der Waals surface area contributed by atoms with Crippen LogP contribution in [0.1, 0.15) is 16.7 Å².